The van der Waals surface area contributed by atoms with E-state index in [4.69, 9.17) is 0 Å². The first-order valence-corrected chi connectivity index (χ1v) is 6.79. The van der Waals surface area contributed by atoms with Gasteiger partial charge in [0.1, 0.15) is 0 Å². The van der Waals surface area contributed by atoms with E-state index in [9.17, 15) is 4.39 Å². The van der Waals surface area contributed by atoms with Gasteiger partial charge in [0.25, 0.3) is 0 Å². The summed E-state index contributed by atoms with van der Waals surface area (Å²) >= 11 is 1.09. The maximum Gasteiger partial charge on any atom is -1.00 e. The second-order valence-corrected chi connectivity index (χ2v) is 5.85. The molecule has 1 aliphatic rings. The van der Waals surface area contributed by atoms with Crippen LogP contribution in [0, 0.1) is 11.7 Å². The Kier molecular flexibility index (Phi) is 6.90. The Morgan fingerprint density at radius 1 is 1.24 bits per heavy atom. The van der Waals surface area contributed by atoms with Gasteiger partial charge in [-0.25, -0.2) is 0 Å². The Bertz CT molecular complexity index is 466. The molecule has 0 aliphatic heterocycles. The van der Waals surface area contributed by atoms with Gasteiger partial charge in [-0.3, -0.25) is 0 Å². The van der Waals surface area contributed by atoms with Crippen LogP contribution in [0.1, 0.15) is 19.4 Å². The van der Waals surface area contributed by atoms with Crippen molar-refractivity contribution in [2.45, 2.75) is 13.8 Å². The average molecular weight is 437 g/mol. The quantitative estimate of drug-likeness (QED) is 0.434. The van der Waals surface area contributed by atoms with Crippen LogP contribution >= 0.6 is 0 Å². The molecule has 1 atom stereocenters. The van der Waals surface area contributed by atoms with Crippen molar-refractivity contribution < 1.29 is 53.6 Å². The molecule has 0 aromatic heterocycles. The first-order valence-electron chi connectivity index (χ1n) is 5.00. The molecule has 89 valence electrons. The van der Waals surface area contributed by atoms with Gasteiger partial charge in [0, 0.05) is 0 Å². The number of allylic oxidation sites excluding steroid dienone is 4. The molecule has 0 saturated carbocycles. The van der Waals surface area contributed by atoms with Crippen molar-refractivity contribution >= 4 is 5.57 Å². The number of halogens is 3. The van der Waals surface area contributed by atoms with Crippen LogP contribution < -0.4 is 24.8 Å². The summed E-state index contributed by atoms with van der Waals surface area (Å²) in [4.78, 5) is 0. The van der Waals surface area contributed by atoms with Crippen LogP contribution in [0.5, 0.6) is 0 Å². The standard InChI is InChI=1S/C13H12F.2ClH.Hf/c1-9-6-10(2)13(7-9)11-4-3-5-12(14)8-11;;;/h3-5,7-9H,1-2H3;2*1H;/q;;;+2/p-2. The molecule has 17 heavy (non-hydrogen) atoms. The van der Waals surface area contributed by atoms with E-state index in [0.29, 0.717) is 5.92 Å². The topological polar surface area (TPSA) is 0 Å². The van der Waals surface area contributed by atoms with Crippen LogP contribution in [0.3, 0.4) is 0 Å². The molecule has 1 aromatic rings. The molecule has 0 nitrogen and oxygen atoms in total. The van der Waals surface area contributed by atoms with E-state index in [1.807, 2.05) is 6.07 Å². The summed E-state index contributed by atoms with van der Waals surface area (Å²) < 4.78 is 14.6. The minimum Gasteiger partial charge on any atom is -1.00 e. The largest absolute Gasteiger partial charge is 1.00 e. The second-order valence-electron chi connectivity index (χ2n) is 3.92. The van der Waals surface area contributed by atoms with E-state index in [0.717, 1.165) is 29.9 Å². The number of benzene rings is 1. The first kappa shape index (κ1) is 17.1. The Labute approximate surface area is 129 Å². The third kappa shape index (κ3) is 3.52. The van der Waals surface area contributed by atoms with Crippen molar-refractivity contribution in [1.29, 1.82) is 0 Å². The molecule has 0 bridgehead atoms. The van der Waals surface area contributed by atoms with E-state index in [1.165, 1.54) is 20.5 Å². The fourth-order valence-electron chi connectivity index (χ4n) is 1.91. The summed E-state index contributed by atoms with van der Waals surface area (Å²) in [6, 6.07) is 6.85. The van der Waals surface area contributed by atoms with Gasteiger partial charge < -0.3 is 24.8 Å². The van der Waals surface area contributed by atoms with Crippen LogP contribution in [0.4, 0.5) is 4.39 Å². The van der Waals surface area contributed by atoms with E-state index in [-0.39, 0.29) is 30.6 Å². The summed E-state index contributed by atoms with van der Waals surface area (Å²) in [6.07, 6.45) is 2.24. The molecule has 0 fully saturated rings. The minimum absolute atomic E-state index is 0. The zero-order valence-corrected chi connectivity index (χ0v) is 14.7. The fourth-order valence-corrected chi connectivity index (χ4v) is 2.70. The molecule has 0 radical (unpaired) electrons. The zero-order valence-electron chi connectivity index (χ0n) is 9.60. The molecule has 0 spiro atoms. The number of rotatable bonds is 1. The van der Waals surface area contributed by atoms with Gasteiger partial charge in [-0.2, -0.15) is 0 Å². The average Bonchev–Trinajstić information content (AvgIpc) is 2.46. The molecule has 1 unspecified atom stereocenters. The van der Waals surface area contributed by atoms with E-state index < -0.39 is 0 Å². The Hall–Kier alpha value is 0.0801. The predicted molar refractivity (Wildman–Crippen MR) is 56.2 cm³/mol. The summed E-state index contributed by atoms with van der Waals surface area (Å²) in [7, 11) is 0. The molecule has 0 saturated heterocycles. The van der Waals surface area contributed by atoms with Crippen molar-refractivity contribution in [2.24, 2.45) is 5.92 Å². The Balaban J connectivity index is 0.00000128. The predicted octanol–water partition coefficient (Wildman–Crippen LogP) is -2.31. The Morgan fingerprint density at radius 2 is 1.88 bits per heavy atom. The summed E-state index contributed by atoms with van der Waals surface area (Å²) in [5, 5.41) is 0. The first-order chi connectivity index (χ1) is 7.09. The Morgan fingerprint density at radius 3 is 2.35 bits per heavy atom. The molecule has 4 heteroatoms. The van der Waals surface area contributed by atoms with Gasteiger partial charge in [-0.05, 0) is 0 Å². The smallest absolute Gasteiger partial charge is 1.00 e. The van der Waals surface area contributed by atoms with E-state index >= 15 is 0 Å². The van der Waals surface area contributed by atoms with Crippen molar-refractivity contribution in [3.63, 3.8) is 0 Å². The fraction of sp³-hybridized carbons (Fsp3) is 0.231. The summed E-state index contributed by atoms with van der Waals surface area (Å²) in [5.74, 6) is 0.380. The van der Waals surface area contributed by atoms with Crippen molar-refractivity contribution in [2.75, 3.05) is 0 Å². The third-order valence-electron chi connectivity index (χ3n) is 2.82. The van der Waals surface area contributed by atoms with E-state index in [2.05, 4.69) is 19.9 Å². The molecule has 0 heterocycles. The summed E-state index contributed by atoms with van der Waals surface area (Å²) in [6.45, 7) is 4.35. The second kappa shape index (κ2) is 6.86. The van der Waals surface area contributed by atoms with Crippen LogP contribution in [-0.4, -0.2) is 0 Å². The SMILES string of the molecule is CC1=[C]([Hf+2])C(C)C=C1c1cccc(F)c1.[Cl-].[Cl-]. The molecular weight excluding hydrogens is 425 g/mol. The molecule has 1 aromatic carbocycles. The van der Waals surface area contributed by atoms with Crippen LogP contribution in [0.25, 0.3) is 5.57 Å². The maximum absolute atomic E-state index is 13.1. The maximum atomic E-state index is 13.1. The van der Waals surface area contributed by atoms with Gasteiger partial charge >= 0.3 is 105 Å². The van der Waals surface area contributed by atoms with Gasteiger partial charge in [0.2, 0.25) is 0 Å². The minimum atomic E-state index is -0.157. The molecule has 0 N–H and O–H groups in total. The molecule has 2 rings (SSSR count). The third-order valence-corrected chi connectivity index (χ3v) is 5.80. The number of hydrogen-bond acceptors (Lipinski definition) is 0. The summed E-state index contributed by atoms with van der Waals surface area (Å²) in [5.41, 5.74) is 3.57. The van der Waals surface area contributed by atoms with E-state index in [1.54, 1.807) is 12.1 Å². The van der Waals surface area contributed by atoms with Crippen molar-refractivity contribution in [1.82, 2.24) is 0 Å². The van der Waals surface area contributed by atoms with Crippen LogP contribution in [-0.2, 0) is 24.4 Å². The monoisotopic (exact) mass is 437 g/mol. The van der Waals surface area contributed by atoms with Gasteiger partial charge in [0.05, 0.1) is 0 Å². The van der Waals surface area contributed by atoms with Crippen molar-refractivity contribution in [3.8, 4) is 0 Å². The molecular formula is C13H12Cl2FHf. The molecule has 1 aliphatic carbocycles. The molecule has 0 amide bonds. The number of hydrogen-bond donors (Lipinski definition) is 0. The van der Waals surface area contributed by atoms with Gasteiger partial charge in [-0.15, -0.1) is 0 Å². The van der Waals surface area contributed by atoms with Crippen LogP contribution in [0.15, 0.2) is 39.2 Å². The van der Waals surface area contributed by atoms with Gasteiger partial charge in [-0.1, -0.05) is 0 Å². The van der Waals surface area contributed by atoms with Crippen molar-refractivity contribution in [3.05, 3.63) is 50.6 Å². The van der Waals surface area contributed by atoms with Gasteiger partial charge in [0.15, 0.2) is 0 Å². The normalized spacial score (nSPS) is 18.4. The van der Waals surface area contributed by atoms with Crippen LogP contribution in [0.2, 0.25) is 0 Å². The zero-order chi connectivity index (χ0) is 11.0.